The van der Waals surface area contributed by atoms with Crippen LogP contribution in [-0.4, -0.2) is 4.98 Å². The van der Waals surface area contributed by atoms with E-state index in [1.54, 1.807) is 39.0 Å². The number of aryl methyl sites for hydroxylation is 2. The van der Waals surface area contributed by atoms with Crippen molar-refractivity contribution < 1.29 is 15.4 Å². The molecule has 0 bridgehead atoms. The number of furan rings is 1. The molecule has 0 saturated heterocycles. The van der Waals surface area contributed by atoms with Gasteiger partial charge in [0.05, 0.1) is 5.69 Å². The Morgan fingerprint density at radius 2 is 1.69 bits per heavy atom. The van der Waals surface area contributed by atoms with Crippen molar-refractivity contribution in [2.24, 2.45) is 5.41 Å². The summed E-state index contributed by atoms with van der Waals surface area (Å²) < 4.78 is 73.7. The first-order valence-corrected chi connectivity index (χ1v) is 12.2. The van der Waals surface area contributed by atoms with Crippen LogP contribution in [0.5, 0.6) is 0 Å². The number of rotatable bonds is 3. The number of hydrogen-bond acceptors (Lipinski definition) is 2. The van der Waals surface area contributed by atoms with E-state index in [9.17, 15) is 0 Å². The van der Waals surface area contributed by atoms with Crippen molar-refractivity contribution in [1.82, 2.24) is 4.98 Å². The summed E-state index contributed by atoms with van der Waals surface area (Å²) >= 11 is 0. The molecular weight excluding hydrogens is 438 g/mol. The zero-order chi connectivity index (χ0) is 32.6. The molecule has 36 heavy (non-hydrogen) atoms. The molecule has 0 atom stereocenters. The molecule has 2 nitrogen and oxygen atoms in total. The van der Waals surface area contributed by atoms with E-state index in [0.29, 0.717) is 11.3 Å². The van der Waals surface area contributed by atoms with E-state index in [4.69, 9.17) is 15.4 Å². The minimum absolute atomic E-state index is 0.0833. The molecule has 0 saturated carbocycles. The van der Waals surface area contributed by atoms with Crippen LogP contribution in [0.15, 0.2) is 71.3 Å². The molecule has 0 unspecified atom stereocenters. The summed E-state index contributed by atoms with van der Waals surface area (Å²) in [5.74, 6) is -0.0833. The largest absolute Gasteiger partial charge is 0.456 e. The van der Waals surface area contributed by atoms with Crippen molar-refractivity contribution in [2.75, 3.05) is 0 Å². The number of hydrogen-bond donors (Lipinski definition) is 0. The van der Waals surface area contributed by atoms with Crippen LogP contribution >= 0.6 is 0 Å². The monoisotopic (exact) mass is 483 g/mol. The van der Waals surface area contributed by atoms with E-state index < -0.39 is 25.5 Å². The Kier molecular flexibility index (Phi) is 3.92. The quantitative estimate of drug-likeness (QED) is 0.255. The van der Waals surface area contributed by atoms with Crippen LogP contribution in [0.1, 0.15) is 74.8 Å². The number of pyridine rings is 1. The zero-order valence-corrected chi connectivity index (χ0v) is 21.7. The normalized spacial score (nSPS) is 16.9. The predicted molar refractivity (Wildman–Crippen MR) is 154 cm³/mol. The number of aromatic nitrogens is 1. The van der Waals surface area contributed by atoms with E-state index in [1.165, 1.54) is 12.3 Å². The van der Waals surface area contributed by atoms with Crippen LogP contribution < -0.4 is 0 Å². The van der Waals surface area contributed by atoms with Gasteiger partial charge in [0.2, 0.25) is 0 Å². The van der Waals surface area contributed by atoms with Gasteiger partial charge in [-0.25, -0.2) is 0 Å². The van der Waals surface area contributed by atoms with Crippen molar-refractivity contribution >= 4 is 21.7 Å². The maximum atomic E-state index is 8.73. The summed E-state index contributed by atoms with van der Waals surface area (Å²) in [6.45, 7) is 6.49. The number of nitrogens with zero attached hydrogens (tertiary/aromatic N) is 1. The Balaban J connectivity index is 1.82. The second-order valence-electron chi connectivity index (χ2n) is 11.5. The fourth-order valence-corrected chi connectivity index (χ4v) is 4.68. The Labute approximate surface area is 226 Å². The molecule has 2 heterocycles. The summed E-state index contributed by atoms with van der Waals surface area (Å²) in [4.78, 5) is 4.56. The number of benzene rings is 3. The molecule has 5 rings (SSSR count). The average molecular weight is 484 g/mol. The molecule has 0 spiro atoms. The first kappa shape index (κ1) is 16.4. The molecule has 0 fully saturated rings. The highest BCUT2D eigenvalue weighted by Gasteiger charge is 2.21. The van der Waals surface area contributed by atoms with E-state index in [-0.39, 0.29) is 38.8 Å². The van der Waals surface area contributed by atoms with Gasteiger partial charge in [-0.1, -0.05) is 77.9 Å². The molecule has 3 aromatic carbocycles. The smallest absolute Gasteiger partial charge is 0.138 e. The van der Waals surface area contributed by atoms with Crippen molar-refractivity contribution in [3.05, 3.63) is 89.1 Å². The maximum Gasteiger partial charge on any atom is 0.138 e. The van der Waals surface area contributed by atoms with Gasteiger partial charge in [-0.15, -0.1) is 0 Å². The lowest BCUT2D eigenvalue weighted by Crippen LogP contribution is -2.12. The Morgan fingerprint density at radius 1 is 0.889 bits per heavy atom. The van der Waals surface area contributed by atoms with Crippen LogP contribution in [0, 0.1) is 19.1 Å². The fourth-order valence-electron chi connectivity index (χ4n) is 4.68. The SMILES string of the molecule is [2H]C([2H])([2H])c1cnc(-c2cc(C(C)(C)C)c3ccccc3c2)cc1-c1oc2cc(C([2H])([2H])C(C)(C)C)ccc2c1C([2H])([2H])[2H]. The molecule has 0 amide bonds. The highest BCUT2D eigenvalue weighted by Crippen LogP contribution is 2.39. The van der Waals surface area contributed by atoms with E-state index in [2.05, 4.69) is 31.8 Å². The lowest BCUT2D eigenvalue weighted by molar-refractivity contribution is 0.411. The molecule has 0 aliphatic heterocycles. The fraction of sp³-hybridized carbons (Fsp3) is 0.324. The molecule has 0 N–H and O–H groups in total. The third-order valence-corrected chi connectivity index (χ3v) is 6.32. The van der Waals surface area contributed by atoms with Gasteiger partial charge in [0.1, 0.15) is 11.3 Å². The lowest BCUT2D eigenvalue weighted by Gasteiger charge is -2.23. The minimum atomic E-state index is -2.65. The Bertz CT molecular complexity index is 1880. The third kappa shape index (κ3) is 4.57. The van der Waals surface area contributed by atoms with Crippen molar-refractivity contribution in [3.63, 3.8) is 0 Å². The summed E-state index contributed by atoms with van der Waals surface area (Å²) in [7, 11) is 0. The van der Waals surface area contributed by atoms with E-state index in [1.807, 2.05) is 30.3 Å². The van der Waals surface area contributed by atoms with Gasteiger partial charge in [-0.3, -0.25) is 4.98 Å². The van der Waals surface area contributed by atoms with Crippen LogP contribution in [-0.2, 0) is 11.8 Å². The van der Waals surface area contributed by atoms with Crippen LogP contribution in [0.2, 0.25) is 0 Å². The molecule has 2 heteroatoms. The van der Waals surface area contributed by atoms with Crippen LogP contribution in [0.3, 0.4) is 0 Å². The summed E-state index contributed by atoms with van der Waals surface area (Å²) in [5.41, 5.74) is 1.78. The third-order valence-electron chi connectivity index (χ3n) is 6.32. The van der Waals surface area contributed by atoms with Crippen molar-refractivity contribution in [2.45, 2.75) is 67.0 Å². The summed E-state index contributed by atoms with van der Waals surface area (Å²) in [6.07, 6.45) is -0.466. The van der Waals surface area contributed by atoms with Crippen molar-refractivity contribution in [3.8, 4) is 22.6 Å². The highest BCUT2D eigenvalue weighted by molar-refractivity contribution is 5.92. The van der Waals surface area contributed by atoms with Gasteiger partial charge in [0.15, 0.2) is 0 Å². The first-order chi connectivity index (χ1) is 20.1. The maximum absolute atomic E-state index is 8.73. The molecule has 2 aromatic heterocycles. The van der Waals surface area contributed by atoms with Crippen molar-refractivity contribution in [1.29, 1.82) is 0 Å². The predicted octanol–water partition coefficient (Wildman–Crippen LogP) is 9.82. The highest BCUT2D eigenvalue weighted by atomic mass is 16.3. The molecular formula is C34H37NO. The lowest BCUT2D eigenvalue weighted by atomic mass is 9.82. The summed E-state index contributed by atoms with van der Waals surface area (Å²) in [5, 5.41) is 2.39. The van der Waals surface area contributed by atoms with Gasteiger partial charge in [0, 0.05) is 39.2 Å². The molecule has 0 aliphatic rings. The zero-order valence-electron chi connectivity index (χ0n) is 29.7. The molecule has 5 aromatic rings. The molecule has 0 radical (unpaired) electrons. The van der Waals surface area contributed by atoms with Gasteiger partial charge in [-0.2, -0.15) is 0 Å². The van der Waals surface area contributed by atoms with Gasteiger partial charge in [-0.05, 0) is 82.6 Å². The van der Waals surface area contributed by atoms with E-state index >= 15 is 0 Å². The second-order valence-corrected chi connectivity index (χ2v) is 11.5. The Hall–Kier alpha value is -3.39. The standard InChI is InChI=1S/C34H37NO/c1-21-20-35-30(25-16-24-11-9-10-12-27(24)29(17-25)34(6,7)8)18-28(21)32-22(2)26-14-13-23(15-31(26)36-32)19-33(3,4)5/h9-18,20H,19H2,1-8H3/i1D3,2D3,19D2. The van der Waals surface area contributed by atoms with Gasteiger partial charge in [0.25, 0.3) is 0 Å². The molecule has 184 valence electrons. The first-order valence-electron chi connectivity index (χ1n) is 16.2. The minimum Gasteiger partial charge on any atom is -0.456 e. The Morgan fingerprint density at radius 3 is 2.42 bits per heavy atom. The number of fused-ring (bicyclic) bond motifs is 2. The van der Waals surface area contributed by atoms with Gasteiger partial charge < -0.3 is 4.42 Å². The topological polar surface area (TPSA) is 26.0 Å². The molecule has 0 aliphatic carbocycles. The average Bonchev–Trinajstić information content (AvgIpc) is 3.30. The second kappa shape index (κ2) is 8.62. The van der Waals surface area contributed by atoms with E-state index in [0.717, 1.165) is 21.9 Å². The van der Waals surface area contributed by atoms with Gasteiger partial charge >= 0.3 is 0 Å². The van der Waals surface area contributed by atoms with Crippen LogP contribution in [0.4, 0.5) is 0 Å². The van der Waals surface area contributed by atoms with Crippen LogP contribution in [0.25, 0.3) is 44.3 Å². The summed E-state index contributed by atoms with van der Waals surface area (Å²) in [6, 6.07) is 18.3.